The van der Waals surface area contributed by atoms with E-state index in [0.29, 0.717) is 10.0 Å². The van der Waals surface area contributed by atoms with Gasteiger partial charge in [0, 0.05) is 0 Å². The van der Waals surface area contributed by atoms with E-state index in [0.717, 1.165) is 5.56 Å². The number of alkyl halides is 1. The molecule has 0 saturated heterocycles. The Hall–Kier alpha value is -0.500. The number of benzene rings is 2. The smallest absolute Gasteiger partial charge is 0.0647 e. The van der Waals surface area contributed by atoms with Crippen molar-refractivity contribution in [3.8, 4) is 0 Å². The highest BCUT2D eigenvalue weighted by Gasteiger charge is 2.14. The minimum atomic E-state index is 0.132. The second-order valence-electron chi connectivity index (χ2n) is 4.33. The summed E-state index contributed by atoms with van der Waals surface area (Å²) in [4.78, 5) is 0.132. The minimum absolute atomic E-state index is 0.132. The van der Waals surface area contributed by atoms with Gasteiger partial charge in [-0.05, 0) is 48.2 Å². The lowest BCUT2D eigenvalue weighted by Crippen LogP contribution is -1.97. The van der Waals surface area contributed by atoms with Crippen molar-refractivity contribution in [2.75, 3.05) is 0 Å². The average Bonchev–Trinajstić information content (AvgIpc) is 2.35. The Labute approximate surface area is 126 Å². The number of hydrogen-bond donors (Lipinski definition) is 0. The van der Waals surface area contributed by atoms with Gasteiger partial charge in [-0.3, -0.25) is 0 Å². The minimum Gasteiger partial charge on any atom is -0.0827 e. The van der Waals surface area contributed by atoms with Crippen LogP contribution in [-0.4, -0.2) is 0 Å². The highest BCUT2D eigenvalue weighted by molar-refractivity contribution is 9.09. The van der Waals surface area contributed by atoms with E-state index in [9.17, 15) is 0 Å². The first-order chi connectivity index (χ1) is 8.50. The van der Waals surface area contributed by atoms with Crippen molar-refractivity contribution in [3.05, 3.63) is 68.7 Å². The number of halogens is 3. The van der Waals surface area contributed by atoms with E-state index in [-0.39, 0.29) is 4.83 Å². The van der Waals surface area contributed by atoms with E-state index in [1.807, 2.05) is 18.2 Å². The van der Waals surface area contributed by atoms with Crippen LogP contribution in [0.25, 0.3) is 0 Å². The van der Waals surface area contributed by atoms with Crippen molar-refractivity contribution in [3.63, 3.8) is 0 Å². The summed E-state index contributed by atoms with van der Waals surface area (Å²) in [6, 6.07) is 12.1. The van der Waals surface area contributed by atoms with Gasteiger partial charge in [-0.2, -0.15) is 0 Å². The zero-order valence-corrected chi connectivity index (χ0v) is 13.3. The van der Waals surface area contributed by atoms with Crippen LogP contribution in [0.15, 0.2) is 36.4 Å². The summed E-state index contributed by atoms with van der Waals surface area (Å²) in [5.41, 5.74) is 4.95. The number of hydrogen-bond acceptors (Lipinski definition) is 0. The van der Waals surface area contributed by atoms with Gasteiger partial charge in [0.1, 0.15) is 0 Å². The van der Waals surface area contributed by atoms with Crippen molar-refractivity contribution < 1.29 is 0 Å². The Morgan fingerprint density at radius 3 is 2.39 bits per heavy atom. The van der Waals surface area contributed by atoms with Gasteiger partial charge in [-0.15, -0.1) is 0 Å². The van der Waals surface area contributed by atoms with Gasteiger partial charge >= 0.3 is 0 Å². The maximum Gasteiger partial charge on any atom is 0.0647 e. The SMILES string of the molecule is Cc1cccc(C(Br)c2ccc(Cl)c(Cl)c2)c1C. The lowest BCUT2D eigenvalue weighted by molar-refractivity contribution is 1.13. The van der Waals surface area contributed by atoms with Crippen molar-refractivity contribution in [2.45, 2.75) is 18.7 Å². The third-order valence-corrected chi connectivity index (χ3v) is 4.92. The highest BCUT2D eigenvalue weighted by Crippen LogP contribution is 2.36. The molecule has 0 fully saturated rings. The number of rotatable bonds is 2. The molecule has 2 rings (SSSR count). The molecule has 0 nitrogen and oxygen atoms in total. The van der Waals surface area contributed by atoms with Crippen molar-refractivity contribution in [1.29, 1.82) is 0 Å². The van der Waals surface area contributed by atoms with Crippen LogP contribution in [0, 0.1) is 13.8 Å². The lowest BCUT2D eigenvalue weighted by atomic mass is 9.97. The summed E-state index contributed by atoms with van der Waals surface area (Å²) in [5.74, 6) is 0. The van der Waals surface area contributed by atoms with Gasteiger partial charge in [0.25, 0.3) is 0 Å². The molecule has 18 heavy (non-hydrogen) atoms. The second-order valence-corrected chi connectivity index (χ2v) is 6.06. The van der Waals surface area contributed by atoms with Crippen molar-refractivity contribution >= 4 is 39.1 Å². The van der Waals surface area contributed by atoms with E-state index in [2.05, 4.69) is 48.0 Å². The third-order valence-electron chi connectivity index (χ3n) is 3.16. The Bertz CT molecular complexity index is 579. The molecule has 0 N–H and O–H groups in total. The molecule has 0 spiro atoms. The fraction of sp³-hybridized carbons (Fsp3) is 0.200. The summed E-state index contributed by atoms with van der Waals surface area (Å²) in [6.45, 7) is 4.25. The predicted octanol–water partition coefficient (Wildman–Crippen LogP) is 6.09. The molecule has 0 aliphatic rings. The molecule has 2 aromatic carbocycles. The van der Waals surface area contributed by atoms with Crippen LogP contribution >= 0.6 is 39.1 Å². The molecule has 0 saturated carbocycles. The first kappa shape index (κ1) is 13.9. The first-order valence-electron chi connectivity index (χ1n) is 5.66. The zero-order chi connectivity index (χ0) is 13.3. The Morgan fingerprint density at radius 1 is 1.00 bits per heavy atom. The lowest BCUT2D eigenvalue weighted by Gasteiger charge is -2.15. The molecule has 0 heterocycles. The standard InChI is InChI=1S/C15H13BrCl2/c1-9-4-3-5-12(10(9)2)15(16)11-6-7-13(17)14(18)8-11/h3-8,15H,1-2H3. The summed E-state index contributed by atoms with van der Waals surface area (Å²) in [5, 5.41) is 1.17. The fourth-order valence-electron chi connectivity index (χ4n) is 1.90. The molecule has 0 aliphatic heterocycles. The average molecular weight is 344 g/mol. The predicted molar refractivity (Wildman–Crippen MR) is 83.1 cm³/mol. The molecule has 1 atom stereocenters. The van der Waals surface area contributed by atoms with Crippen LogP contribution in [-0.2, 0) is 0 Å². The largest absolute Gasteiger partial charge is 0.0827 e. The van der Waals surface area contributed by atoms with Crippen LogP contribution < -0.4 is 0 Å². The topological polar surface area (TPSA) is 0 Å². The molecule has 2 aromatic rings. The van der Waals surface area contributed by atoms with Crippen LogP contribution in [0.1, 0.15) is 27.1 Å². The molecule has 3 heteroatoms. The quantitative estimate of drug-likeness (QED) is 0.578. The van der Waals surface area contributed by atoms with Crippen LogP contribution in [0.4, 0.5) is 0 Å². The molecular formula is C15H13BrCl2. The van der Waals surface area contributed by atoms with Crippen LogP contribution in [0.5, 0.6) is 0 Å². The van der Waals surface area contributed by atoms with Gasteiger partial charge in [-0.1, -0.05) is 63.4 Å². The monoisotopic (exact) mass is 342 g/mol. The van der Waals surface area contributed by atoms with Gasteiger partial charge in [0.2, 0.25) is 0 Å². The Kier molecular flexibility index (Phi) is 4.37. The summed E-state index contributed by atoms with van der Waals surface area (Å²) in [7, 11) is 0. The van der Waals surface area contributed by atoms with Crippen LogP contribution in [0.2, 0.25) is 10.0 Å². The summed E-state index contributed by atoms with van der Waals surface area (Å²) >= 11 is 15.7. The molecular weight excluding hydrogens is 331 g/mol. The molecule has 0 radical (unpaired) electrons. The molecule has 94 valence electrons. The van der Waals surface area contributed by atoms with Crippen LogP contribution in [0.3, 0.4) is 0 Å². The van der Waals surface area contributed by atoms with E-state index in [1.54, 1.807) is 0 Å². The number of aryl methyl sites for hydroxylation is 1. The summed E-state index contributed by atoms with van der Waals surface area (Å²) in [6.07, 6.45) is 0. The zero-order valence-electron chi connectivity index (χ0n) is 10.2. The molecule has 0 aliphatic carbocycles. The fourth-order valence-corrected chi connectivity index (χ4v) is 2.99. The third kappa shape index (κ3) is 2.74. The first-order valence-corrected chi connectivity index (χ1v) is 7.33. The van der Waals surface area contributed by atoms with Gasteiger partial charge in [0.15, 0.2) is 0 Å². The van der Waals surface area contributed by atoms with Crippen molar-refractivity contribution in [1.82, 2.24) is 0 Å². The van der Waals surface area contributed by atoms with Gasteiger partial charge in [0.05, 0.1) is 14.9 Å². The Balaban J connectivity index is 2.44. The molecule has 0 aromatic heterocycles. The van der Waals surface area contributed by atoms with E-state index in [4.69, 9.17) is 23.2 Å². The van der Waals surface area contributed by atoms with Crippen molar-refractivity contribution in [2.24, 2.45) is 0 Å². The molecule has 0 bridgehead atoms. The highest BCUT2D eigenvalue weighted by atomic mass is 79.9. The second kappa shape index (κ2) is 5.64. The summed E-state index contributed by atoms with van der Waals surface area (Å²) < 4.78 is 0. The van der Waals surface area contributed by atoms with Gasteiger partial charge in [-0.25, -0.2) is 0 Å². The van der Waals surface area contributed by atoms with E-state index in [1.165, 1.54) is 16.7 Å². The van der Waals surface area contributed by atoms with E-state index < -0.39 is 0 Å². The van der Waals surface area contributed by atoms with E-state index >= 15 is 0 Å². The maximum atomic E-state index is 6.06. The molecule has 1 unspecified atom stereocenters. The van der Waals surface area contributed by atoms with Gasteiger partial charge < -0.3 is 0 Å². The Morgan fingerprint density at radius 2 is 1.72 bits per heavy atom. The molecule has 0 amide bonds. The normalized spacial score (nSPS) is 12.5. The maximum absolute atomic E-state index is 6.06.